The molecule has 0 aliphatic heterocycles. The van der Waals surface area contributed by atoms with Gasteiger partial charge in [-0.3, -0.25) is 9.59 Å². The van der Waals surface area contributed by atoms with Gasteiger partial charge in [0.15, 0.2) is 0 Å². The molecule has 0 fully saturated rings. The molecule has 2 heteroatoms. The lowest BCUT2D eigenvalue weighted by molar-refractivity contribution is -0.120. The number of hydrogen-bond acceptors (Lipinski definition) is 2. The predicted molar refractivity (Wildman–Crippen MR) is 63.0 cm³/mol. The van der Waals surface area contributed by atoms with Crippen LogP contribution in [0.5, 0.6) is 0 Å². The maximum Gasteiger partial charge on any atom is 0.236 e. The molecule has 0 N–H and O–H groups in total. The van der Waals surface area contributed by atoms with Crippen molar-refractivity contribution in [3.8, 4) is 11.8 Å². The van der Waals surface area contributed by atoms with Crippen LogP contribution in [0.2, 0.25) is 0 Å². The molecule has 0 saturated heterocycles. The van der Waals surface area contributed by atoms with Gasteiger partial charge in [-0.25, -0.2) is 0 Å². The molecule has 0 radical (unpaired) electrons. The van der Waals surface area contributed by atoms with Crippen molar-refractivity contribution in [3.05, 3.63) is 35.9 Å². The van der Waals surface area contributed by atoms with E-state index in [0.717, 1.165) is 0 Å². The third kappa shape index (κ3) is 3.36. The molecule has 1 rings (SSSR count). The van der Waals surface area contributed by atoms with E-state index in [1.807, 2.05) is 6.07 Å². The summed E-state index contributed by atoms with van der Waals surface area (Å²) in [6.45, 7) is 5.32. The summed E-state index contributed by atoms with van der Waals surface area (Å²) >= 11 is 0. The number of rotatable bonds is 1. The van der Waals surface area contributed by atoms with Crippen LogP contribution < -0.4 is 0 Å². The molecule has 0 amide bonds. The average molecular weight is 214 g/mol. The number of hydrogen-bond donors (Lipinski definition) is 0. The second-order valence-corrected chi connectivity index (χ2v) is 4.52. The standard InChI is InChI=1S/C14H14O2/c1-14(2,3)13(16)10-9-12(15)11-7-5-4-6-8-11/h4-8H,1-3H3. The van der Waals surface area contributed by atoms with Gasteiger partial charge >= 0.3 is 0 Å². The fraction of sp³-hybridized carbons (Fsp3) is 0.286. The first-order valence-corrected chi connectivity index (χ1v) is 5.07. The van der Waals surface area contributed by atoms with Gasteiger partial charge in [0, 0.05) is 11.0 Å². The lowest BCUT2D eigenvalue weighted by Crippen LogP contribution is -2.18. The summed E-state index contributed by atoms with van der Waals surface area (Å²) in [5.41, 5.74) is -0.0130. The van der Waals surface area contributed by atoms with Gasteiger partial charge in [-0.1, -0.05) is 51.1 Å². The van der Waals surface area contributed by atoms with Crippen LogP contribution in [-0.4, -0.2) is 11.6 Å². The van der Waals surface area contributed by atoms with E-state index in [9.17, 15) is 9.59 Å². The van der Waals surface area contributed by atoms with Gasteiger partial charge in [-0.15, -0.1) is 0 Å². The zero-order valence-corrected chi connectivity index (χ0v) is 9.70. The summed E-state index contributed by atoms with van der Waals surface area (Å²) in [5, 5.41) is 0. The van der Waals surface area contributed by atoms with Crippen molar-refractivity contribution in [1.29, 1.82) is 0 Å². The number of ketones is 2. The third-order valence-electron chi connectivity index (χ3n) is 2.01. The molecule has 0 heterocycles. The first-order chi connectivity index (χ1) is 7.41. The second kappa shape index (κ2) is 4.76. The minimum atomic E-state index is -0.524. The fourth-order valence-electron chi connectivity index (χ4n) is 0.963. The van der Waals surface area contributed by atoms with Crippen LogP contribution in [0.3, 0.4) is 0 Å². The Morgan fingerprint density at radius 1 is 1.00 bits per heavy atom. The summed E-state index contributed by atoms with van der Waals surface area (Å²) < 4.78 is 0. The van der Waals surface area contributed by atoms with Gasteiger partial charge in [-0.2, -0.15) is 0 Å². The number of carbonyl (C=O) groups is 2. The summed E-state index contributed by atoms with van der Waals surface area (Å²) in [6, 6.07) is 8.71. The fourth-order valence-corrected chi connectivity index (χ4v) is 0.963. The van der Waals surface area contributed by atoms with E-state index in [-0.39, 0.29) is 11.6 Å². The van der Waals surface area contributed by atoms with Crippen LogP contribution in [0, 0.1) is 17.3 Å². The molecule has 1 aromatic carbocycles. The Bertz CT molecular complexity index is 453. The highest BCUT2D eigenvalue weighted by Crippen LogP contribution is 2.13. The predicted octanol–water partition coefficient (Wildman–Crippen LogP) is 2.49. The molecule has 16 heavy (non-hydrogen) atoms. The van der Waals surface area contributed by atoms with Crippen LogP contribution >= 0.6 is 0 Å². The molecule has 0 spiro atoms. The zero-order valence-electron chi connectivity index (χ0n) is 9.70. The average Bonchev–Trinajstić information content (AvgIpc) is 2.25. The summed E-state index contributed by atoms with van der Waals surface area (Å²) in [4.78, 5) is 23.0. The Labute approximate surface area is 95.7 Å². The van der Waals surface area contributed by atoms with E-state index >= 15 is 0 Å². The molecule has 0 saturated carbocycles. The number of benzene rings is 1. The van der Waals surface area contributed by atoms with E-state index in [0.29, 0.717) is 5.56 Å². The van der Waals surface area contributed by atoms with Gasteiger partial charge in [0.2, 0.25) is 11.6 Å². The van der Waals surface area contributed by atoms with Crippen molar-refractivity contribution in [2.45, 2.75) is 20.8 Å². The molecule has 0 bridgehead atoms. The van der Waals surface area contributed by atoms with Crippen molar-refractivity contribution in [2.75, 3.05) is 0 Å². The third-order valence-corrected chi connectivity index (χ3v) is 2.01. The molecular formula is C14H14O2. The number of carbonyl (C=O) groups excluding carboxylic acids is 2. The maximum absolute atomic E-state index is 11.6. The minimum Gasteiger partial charge on any atom is -0.284 e. The molecule has 0 aromatic heterocycles. The lowest BCUT2D eigenvalue weighted by Gasteiger charge is -2.10. The van der Waals surface area contributed by atoms with Crippen LogP contribution in [0.4, 0.5) is 0 Å². The van der Waals surface area contributed by atoms with E-state index < -0.39 is 5.41 Å². The molecule has 0 unspecified atom stereocenters. The normalized spacial score (nSPS) is 10.2. The molecular weight excluding hydrogens is 200 g/mol. The maximum atomic E-state index is 11.6. The van der Waals surface area contributed by atoms with Crippen LogP contribution in [0.15, 0.2) is 30.3 Å². The van der Waals surface area contributed by atoms with Crippen molar-refractivity contribution in [1.82, 2.24) is 0 Å². The van der Waals surface area contributed by atoms with Gasteiger partial charge in [0.25, 0.3) is 0 Å². The Kier molecular flexibility index (Phi) is 3.63. The zero-order chi connectivity index (χ0) is 12.2. The lowest BCUT2D eigenvalue weighted by atomic mass is 9.91. The van der Waals surface area contributed by atoms with Gasteiger partial charge < -0.3 is 0 Å². The molecule has 0 atom stereocenters. The van der Waals surface area contributed by atoms with Gasteiger partial charge in [-0.05, 0) is 11.8 Å². The van der Waals surface area contributed by atoms with Crippen molar-refractivity contribution >= 4 is 11.6 Å². The van der Waals surface area contributed by atoms with E-state index in [1.165, 1.54) is 0 Å². The van der Waals surface area contributed by atoms with Gasteiger partial charge in [0.1, 0.15) is 0 Å². The molecule has 0 aliphatic rings. The Morgan fingerprint density at radius 2 is 1.56 bits per heavy atom. The highest BCUT2D eigenvalue weighted by molar-refractivity contribution is 6.13. The minimum absolute atomic E-state index is 0.225. The largest absolute Gasteiger partial charge is 0.284 e. The Morgan fingerprint density at radius 3 is 2.06 bits per heavy atom. The van der Waals surface area contributed by atoms with Gasteiger partial charge in [0.05, 0.1) is 0 Å². The van der Waals surface area contributed by atoms with E-state index in [2.05, 4.69) is 11.8 Å². The van der Waals surface area contributed by atoms with E-state index in [1.54, 1.807) is 45.0 Å². The quantitative estimate of drug-likeness (QED) is 0.409. The molecule has 2 nitrogen and oxygen atoms in total. The topological polar surface area (TPSA) is 34.1 Å². The van der Waals surface area contributed by atoms with E-state index in [4.69, 9.17) is 0 Å². The van der Waals surface area contributed by atoms with Crippen molar-refractivity contribution in [2.24, 2.45) is 5.41 Å². The molecule has 0 aliphatic carbocycles. The van der Waals surface area contributed by atoms with Crippen LogP contribution in [0.1, 0.15) is 31.1 Å². The first-order valence-electron chi connectivity index (χ1n) is 5.07. The SMILES string of the molecule is CC(C)(C)C(=O)C#CC(=O)c1ccccc1. The number of Topliss-reactive ketones (excluding diaryl/α,β-unsaturated/α-hetero) is 2. The van der Waals surface area contributed by atoms with Crippen LogP contribution in [-0.2, 0) is 4.79 Å². The van der Waals surface area contributed by atoms with Crippen molar-refractivity contribution in [3.63, 3.8) is 0 Å². The Balaban J connectivity index is 2.81. The highest BCUT2D eigenvalue weighted by Gasteiger charge is 2.18. The highest BCUT2D eigenvalue weighted by atomic mass is 16.1. The second-order valence-electron chi connectivity index (χ2n) is 4.52. The first kappa shape index (κ1) is 12.2. The summed E-state index contributed by atoms with van der Waals surface area (Å²) in [7, 11) is 0. The van der Waals surface area contributed by atoms with Crippen molar-refractivity contribution < 1.29 is 9.59 Å². The van der Waals surface area contributed by atoms with Crippen LogP contribution in [0.25, 0.3) is 0 Å². The Hall–Kier alpha value is -1.88. The summed E-state index contributed by atoms with van der Waals surface area (Å²) in [6.07, 6.45) is 0. The smallest absolute Gasteiger partial charge is 0.236 e. The molecule has 1 aromatic rings. The molecule has 82 valence electrons. The summed E-state index contributed by atoms with van der Waals surface area (Å²) in [5.74, 6) is 4.20. The monoisotopic (exact) mass is 214 g/mol.